The fraction of sp³-hybridized carbons (Fsp3) is 0.100. The quantitative estimate of drug-likeness (QED) is 0.417. The van der Waals surface area contributed by atoms with Crippen LogP contribution < -0.4 is 5.32 Å². The number of nitrogens with zero attached hydrogens (tertiary/aromatic N) is 1. The first kappa shape index (κ1) is 15.8. The molecule has 0 aliphatic heterocycles. The van der Waals surface area contributed by atoms with E-state index in [1.54, 1.807) is 6.20 Å². The summed E-state index contributed by atoms with van der Waals surface area (Å²) in [5, 5.41) is 2.96. The van der Waals surface area contributed by atoms with E-state index in [0.717, 1.165) is 4.88 Å². The molecule has 2 nitrogen and oxygen atoms in total. The van der Waals surface area contributed by atoms with Crippen molar-refractivity contribution >= 4 is 83.7 Å². The van der Waals surface area contributed by atoms with Gasteiger partial charge in [0.15, 0.2) is 10.3 Å². The van der Waals surface area contributed by atoms with Crippen LogP contribution in [-0.2, 0) is 6.54 Å². The van der Waals surface area contributed by atoms with Crippen LogP contribution in [0.3, 0.4) is 0 Å². The largest absolute Gasteiger partial charge is 0.378 e. The van der Waals surface area contributed by atoms with E-state index < -0.39 is 5.82 Å². The molecule has 0 bridgehead atoms. The molecular weight excluding hydrogens is 465 g/mol. The van der Waals surface area contributed by atoms with E-state index >= 15 is 0 Å². The Hall–Kier alpha value is 0.410. The van der Waals surface area contributed by atoms with Crippen LogP contribution in [-0.4, -0.2) is 4.98 Å². The first-order valence-corrected chi connectivity index (χ1v) is 8.31. The van der Waals surface area contributed by atoms with E-state index in [4.69, 9.17) is 34.8 Å². The van der Waals surface area contributed by atoms with E-state index in [1.807, 2.05) is 0 Å². The van der Waals surface area contributed by atoms with Gasteiger partial charge in [-0.2, -0.15) is 0 Å². The van der Waals surface area contributed by atoms with Crippen molar-refractivity contribution in [2.45, 2.75) is 6.54 Å². The highest BCUT2D eigenvalue weighted by atomic mass is 79.9. The zero-order valence-electron chi connectivity index (χ0n) is 8.91. The first-order valence-electron chi connectivity index (χ1n) is 4.77. The SMILES string of the molecule is Fc1c(Cl)c(Br)c(NCc2cnc(Cl)s2)c(Br)c1Cl. The highest BCUT2D eigenvalue weighted by Gasteiger charge is 2.19. The predicted molar refractivity (Wildman–Crippen MR) is 86.3 cm³/mol. The number of halogens is 6. The molecule has 102 valence electrons. The lowest BCUT2D eigenvalue weighted by molar-refractivity contribution is 0.627. The lowest BCUT2D eigenvalue weighted by Crippen LogP contribution is -2.01. The molecule has 1 aromatic carbocycles. The predicted octanol–water partition coefficient (Wildman–Crippen LogP) is 6.38. The molecule has 19 heavy (non-hydrogen) atoms. The molecule has 2 aromatic rings. The van der Waals surface area contributed by atoms with Gasteiger partial charge >= 0.3 is 0 Å². The fourth-order valence-corrected chi connectivity index (χ4v) is 3.94. The number of thiazole rings is 1. The average molecular weight is 469 g/mol. The summed E-state index contributed by atoms with van der Waals surface area (Å²) in [5.74, 6) is -0.673. The van der Waals surface area contributed by atoms with Crippen LogP contribution >= 0.6 is 78.0 Å². The van der Waals surface area contributed by atoms with Crippen molar-refractivity contribution in [3.8, 4) is 0 Å². The summed E-state index contributed by atoms with van der Waals surface area (Å²) in [6, 6.07) is 0. The Bertz CT molecular complexity index is 606. The molecule has 0 aliphatic rings. The van der Waals surface area contributed by atoms with Crippen molar-refractivity contribution in [1.29, 1.82) is 0 Å². The van der Waals surface area contributed by atoms with Crippen LogP contribution in [0.1, 0.15) is 4.88 Å². The maximum absolute atomic E-state index is 13.6. The maximum Gasteiger partial charge on any atom is 0.183 e. The molecule has 0 aliphatic carbocycles. The Morgan fingerprint density at radius 3 is 2.26 bits per heavy atom. The summed E-state index contributed by atoms with van der Waals surface area (Å²) in [7, 11) is 0. The van der Waals surface area contributed by atoms with Crippen molar-refractivity contribution in [2.75, 3.05) is 5.32 Å². The second-order valence-electron chi connectivity index (χ2n) is 3.38. The Labute approximate surface area is 144 Å². The van der Waals surface area contributed by atoms with Gasteiger partial charge < -0.3 is 5.32 Å². The molecule has 0 amide bonds. The van der Waals surface area contributed by atoms with Gasteiger partial charge in [0.05, 0.1) is 31.2 Å². The van der Waals surface area contributed by atoms with Gasteiger partial charge in [0.1, 0.15) is 0 Å². The molecule has 0 radical (unpaired) electrons. The maximum atomic E-state index is 13.6. The molecule has 0 saturated heterocycles. The van der Waals surface area contributed by atoms with Crippen LogP contribution in [0.25, 0.3) is 0 Å². The highest BCUT2D eigenvalue weighted by Crippen LogP contribution is 2.44. The monoisotopic (exact) mass is 466 g/mol. The Morgan fingerprint density at radius 2 is 1.79 bits per heavy atom. The van der Waals surface area contributed by atoms with Crippen molar-refractivity contribution < 1.29 is 4.39 Å². The van der Waals surface area contributed by atoms with Crippen LogP contribution in [0, 0.1) is 5.82 Å². The summed E-state index contributed by atoms with van der Waals surface area (Å²) in [6.07, 6.45) is 1.66. The lowest BCUT2D eigenvalue weighted by atomic mass is 10.3. The summed E-state index contributed by atoms with van der Waals surface area (Å²) in [6.45, 7) is 0.472. The Balaban J connectivity index is 2.30. The van der Waals surface area contributed by atoms with Crippen molar-refractivity contribution in [2.24, 2.45) is 0 Å². The van der Waals surface area contributed by atoms with E-state index in [0.29, 0.717) is 25.6 Å². The minimum Gasteiger partial charge on any atom is -0.378 e. The van der Waals surface area contributed by atoms with Crippen LogP contribution in [0.5, 0.6) is 0 Å². The average Bonchev–Trinajstić information content (AvgIpc) is 2.80. The smallest absolute Gasteiger partial charge is 0.183 e. The summed E-state index contributed by atoms with van der Waals surface area (Å²) in [4.78, 5) is 4.86. The second kappa shape index (κ2) is 6.45. The molecular formula is C10H4Br2Cl3FN2S. The molecule has 1 aromatic heterocycles. The second-order valence-corrected chi connectivity index (χ2v) is 7.42. The minimum absolute atomic E-state index is 0.0713. The van der Waals surface area contributed by atoms with Gasteiger partial charge in [0, 0.05) is 11.1 Å². The highest BCUT2D eigenvalue weighted by molar-refractivity contribution is 9.11. The summed E-state index contributed by atoms with van der Waals surface area (Å²) >= 11 is 25.3. The third kappa shape index (κ3) is 3.36. The number of rotatable bonds is 3. The molecule has 0 saturated carbocycles. The van der Waals surface area contributed by atoms with E-state index in [2.05, 4.69) is 42.2 Å². The van der Waals surface area contributed by atoms with Gasteiger partial charge in [-0.25, -0.2) is 9.37 Å². The van der Waals surface area contributed by atoms with Crippen LogP contribution in [0.15, 0.2) is 15.1 Å². The summed E-state index contributed by atoms with van der Waals surface area (Å²) < 4.78 is 14.9. The zero-order chi connectivity index (χ0) is 14.2. The van der Waals surface area contributed by atoms with Gasteiger partial charge in [-0.1, -0.05) is 34.8 Å². The third-order valence-electron chi connectivity index (χ3n) is 2.17. The van der Waals surface area contributed by atoms with Crippen LogP contribution in [0.2, 0.25) is 14.5 Å². The van der Waals surface area contributed by atoms with Gasteiger partial charge in [0.2, 0.25) is 0 Å². The number of anilines is 1. The molecule has 1 heterocycles. The number of hydrogen-bond acceptors (Lipinski definition) is 3. The molecule has 0 fully saturated rings. The molecule has 2 rings (SSSR count). The van der Waals surface area contributed by atoms with Gasteiger partial charge in [0.25, 0.3) is 0 Å². The fourth-order valence-electron chi connectivity index (χ4n) is 1.30. The van der Waals surface area contributed by atoms with Gasteiger partial charge in [-0.05, 0) is 31.9 Å². The van der Waals surface area contributed by atoms with Crippen molar-refractivity contribution in [3.05, 3.63) is 40.3 Å². The zero-order valence-corrected chi connectivity index (χ0v) is 15.2. The molecule has 0 atom stereocenters. The normalized spacial score (nSPS) is 10.8. The first-order chi connectivity index (χ1) is 8.91. The molecule has 9 heteroatoms. The van der Waals surface area contributed by atoms with Gasteiger partial charge in [-0.15, -0.1) is 11.3 Å². The Morgan fingerprint density at radius 1 is 1.21 bits per heavy atom. The molecule has 0 unspecified atom stereocenters. The van der Waals surface area contributed by atoms with Crippen molar-refractivity contribution in [1.82, 2.24) is 4.98 Å². The van der Waals surface area contributed by atoms with E-state index in [-0.39, 0.29) is 10.0 Å². The van der Waals surface area contributed by atoms with Gasteiger partial charge in [-0.3, -0.25) is 0 Å². The van der Waals surface area contributed by atoms with E-state index in [1.165, 1.54) is 11.3 Å². The number of hydrogen-bond donors (Lipinski definition) is 1. The Kier molecular flexibility index (Phi) is 5.36. The topological polar surface area (TPSA) is 24.9 Å². The lowest BCUT2D eigenvalue weighted by Gasteiger charge is -2.13. The number of nitrogens with one attached hydrogen (secondary N) is 1. The van der Waals surface area contributed by atoms with Crippen LogP contribution in [0.4, 0.5) is 10.1 Å². The number of benzene rings is 1. The number of aromatic nitrogens is 1. The minimum atomic E-state index is -0.673. The van der Waals surface area contributed by atoms with E-state index in [9.17, 15) is 4.39 Å². The van der Waals surface area contributed by atoms with Crippen molar-refractivity contribution in [3.63, 3.8) is 0 Å². The molecule has 0 spiro atoms. The molecule has 1 N–H and O–H groups in total. The standard InChI is InChI=1S/C10H4Br2Cl3FN2S/c11-4-6(13)8(16)7(14)5(12)9(4)17-1-3-2-18-10(15)19-3/h2,17H,1H2. The summed E-state index contributed by atoms with van der Waals surface area (Å²) in [5.41, 5.74) is 0.570. The third-order valence-corrected chi connectivity index (χ3v) is 6.04.